The molecule has 0 unspecified atom stereocenters. The minimum atomic E-state index is -1.01. The highest BCUT2D eigenvalue weighted by Crippen LogP contribution is 2.30. The number of fused-ring (bicyclic) bond motifs is 1. The van der Waals surface area contributed by atoms with Gasteiger partial charge in [0, 0.05) is 10.9 Å². The molecule has 0 aliphatic rings. The number of aromatic nitrogens is 1. The van der Waals surface area contributed by atoms with Crippen LogP contribution < -0.4 is 0 Å². The fraction of sp³-hybridized carbons (Fsp3) is 0. The maximum Gasteiger partial charge on any atom is 0.339 e. The second kappa shape index (κ2) is 4.36. The van der Waals surface area contributed by atoms with Gasteiger partial charge >= 0.3 is 5.97 Å². The zero-order valence-electron chi connectivity index (χ0n) is 8.88. The van der Waals surface area contributed by atoms with Crippen molar-refractivity contribution in [3.8, 4) is 11.5 Å². The zero-order valence-corrected chi connectivity index (χ0v) is 11.9. The third-order valence-electron chi connectivity index (χ3n) is 2.46. The van der Waals surface area contributed by atoms with E-state index in [0.29, 0.717) is 17.0 Å². The molecule has 0 radical (unpaired) electrons. The number of aromatic carboxylic acids is 1. The zero-order chi connectivity index (χ0) is 12.7. The number of thiophene rings is 1. The summed E-state index contributed by atoms with van der Waals surface area (Å²) in [6.45, 7) is 0. The van der Waals surface area contributed by atoms with Crippen LogP contribution in [0.1, 0.15) is 10.4 Å². The molecule has 3 rings (SSSR count). The topological polar surface area (TPSA) is 63.3 Å². The van der Waals surface area contributed by atoms with Gasteiger partial charge in [-0.3, -0.25) is 0 Å². The number of rotatable bonds is 2. The third kappa shape index (κ3) is 1.91. The van der Waals surface area contributed by atoms with Crippen LogP contribution in [0, 0.1) is 2.88 Å². The van der Waals surface area contributed by atoms with Crippen LogP contribution >= 0.6 is 33.9 Å². The van der Waals surface area contributed by atoms with Crippen LogP contribution in [0.5, 0.6) is 0 Å². The molecule has 0 atom stereocenters. The minimum Gasteiger partial charge on any atom is -0.478 e. The largest absolute Gasteiger partial charge is 0.478 e. The van der Waals surface area contributed by atoms with Crippen molar-refractivity contribution in [1.29, 1.82) is 0 Å². The van der Waals surface area contributed by atoms with Gasteiger partial charge in [-0.1, -0.05) is 6.07 Å². The summed E-state index contributed by atoms with van der Waals surface area (Å²) in [6, 6.07) is 6.87. The Morgan fingerprint density at radius 2 is 2.28 bits per heavy atom. The Labute approximate surface area is 119 Å². The average molecular weight is 371 g/mol. The number of carbonyl (C=O) groups is 1. The van der Waals surface area contributed by atoms with Crippen LogP contribution in [-0.4, -0.2) is 16.1 Å². The summed E-state index contributed by atoms with van der Waals surface area (Å²) in [7, 11) is 0. The fourth-order valence-corrected chi connectivity index (χ4v) is 2.98. The molecule has 0 bridgehead atoms. The van der Waals surface area contributed by atoms with Crippen molar-refractivity contribution in [2.45, 2.75) is 0 Å². The summed E-state index contributed by atoms with van der Waals surface area (Å²) in [6.07, 6.45) is 0. The maximum atomic E-state index is 11.1. The molecule has 6 heteroatoms. The van der Waals surface area contributed by atoms with E-state index in [4.69, 9.17) is 9.52 Å². The summed E-state index contributed by atoms with van der Waals surface area (Å²) in [5.74, 6) is -0.555. The first-order chi connectivity index (χ1) is 8.65. The molecule has 1 aromatic carbocycles. The lowest BCUT2D eigenvalue weighted by atomic mass is 10.2. The van der Waals surface area contributed by atoms with Gasteiger partial charge in [0.05, 0.1) is 2.88 Å². The molecule has 0 saturated heterocycles. The Hall–Kier alpha value is -1.41. The van der Waals surface area contributed by atoms with E-state index in [1.165, 1.54) is 6.07 Å². The number of nitrogens with zero attached hydrogens (tertiary/aromatic N) is 1. The Balaban J connectivity index is 2.22. The van der Waals surface area contributed by atoms with Gasteiger partial charge in [-0.05, 0) is 40.8 Å². The van der Waals surface area contributed by atoms with Crippen molar-refractivity contribution in [3.63, 3.8) is 0 Å². The SMILES string of the molecule is O=C(O)c1cccc2nc(-c3csc(I)c3)oc12. The number of oxazole rings is 1. The smallest absolute Gasteiger partial charge is 0.339 e. The van der Waals surface area contributed by atoms with Gasteiger partial charge in [0.25, 0.3) is 0 Å². The Bertz CT molecular complexity index is 747. The molecule has 4 nitrogen and oxygen atoms in total. The van der Waals surface area contributed by atoms with E-state index >= 15 is 0 Å². The van der Waals surface area contributed by atoms with Gasteiger partial charge in [0.1, 0.15) is 11.1 Å². The molecular formula is C12H6INO3S. The third-order valence-corrected chi connectivity index (χ3v) is 4.25. The van der Waals surface area contributed by atoms with Crippen LogP contribution in [0.3, 0.4) is 0 Å². The molecule has 0 fully saturated rings. The molecule has 0 spiro atoms. The Kier molecular flexibility index (Phi) is 2.83. The number of para-hydroxylation sites is 1. The quantitative estimate of drug-likeness (QED) is 0.695. The second-order valence-electron chi connectivity index (χ2n) is 3.62. The molecule has 3 aromatic rings. The number of carboxylic acid groups (broad SMARTS) is 1. The predicted octanol–water partition coefficient (Wildman–Crippen LogP) is 3.86. The van der Waals surface area contributed by atoms with E-state index in [1.54, 1.807) is 23.5 Å². The number of benzene rings is 1. The van der Waals surface area contributed by atoms with Crippen LogP contribution in [0.4, 0.5) is 0 Å². The molecule has 18 heavy (non-hydrogen) atoms. The molecular weight excluding hydrogens is 365 g/mol. The Morgan fingerprint density at radius 1 is 1.44 bits per heavy atom. The van der Waals surface area contributed by atoms with Gasteiger partial charge in [-0.25, -0.2) is 9.78 Å². The van der Waals surface area contributed by atoms with Crippen molar-refractivity contribution in [2.75, 3.05) is 0 Å². The van der Waals surface area contributed by atoms with Gasteiger partial charge in [-0.15, -0.1) is 11.3 Å². The summed E-state index contributed by atoms with van der Waals surface area (Å²) in [5, 5.41) is 11.0. The monoisotopic (exact) mass is 371 g/mol. The number of hydrogen-bond acceptors (Lipinski definition) is 4. The van der Waals surface area contributed by atoms with E-state index in [2.05, 4.69) is 27.6 Å². The van der Waals surface area contributed by atoms with Crippen molar-refractivity contribution in [3.05, 3.63) is 38.1 Å². The lowest BCUT2D eigenvalue weighted by molar-refractivity contribution is 0.0698. The lowest BCUT2D eigenvalue weighted by Gasteiger charge is -1.92. The van der Waals surface area contributed by atoms with E-state index in [1.807, 2.05) is 11.4 Å². The highest BCUT2D eigenvalue weighted by atomic mass is 127. The lowest BCUT2D eigenvalue weighted by Crippen LogP contribution is -1.95. The average Bonchev–Trinajstić information content (AvgIpc) is 2.93. The number of hydrogen-bond donors (Lipinski definition) is 1. The van der Waals surface area contributed by atoms with Crippen molar-refractivity contribution < 1.29 is 14.3 Å². The van der Waals surface area contributed by atoms with Gasteiger partial charge in [0.2, 0.25) is 5.89 Å². The van der Waals surface area contributed by atoms with Crippen LogP contribution in [0.2, 0.25) is 0 Å². The van der Waals surface area contributed by atoms with Gasteiger partial charge < -0.3 is 9.52 Å². The maximum absolute atomic E-state index is 11.1. The van der Waals surface area contributed by atoms with Gasteiger partial charge in [-0.2, -0.15) is 0 Å². The first-order valence-electron chi connectivity index (χ1n) is 5.02. The molecule has 0 saturated carbocycles. The van der Waals surface area contributed by atoms with Crippen LogP contribution in [0.15, 0.2) is 34.1 Å². The van der Waals surface area contributed by atoms with E-state index in [9.17, 15) is 4.79 Å². The molecule has 0 aliphatic heterocycles. The van der Waals surface area contributed by atoms with E-state index in [0.717, 1.165) is 8.45 Å². The van der Waals surface area contributed by atoms with Crippen LogP contribution in [-0.2, 0) is 0 Å². The molecule has 2 aromatic heterocycles. The van der Waals surface area contributed by atoms with E-state index < -0.39 is 5.97 Å². The highest BCUT2D eigenvalue weighted by molar-refractivity contribution is 14.1. The molecule has 90 valence electrons. The van der Waals surface area contributed by atoms with Crippen molar-refractivity contribution in [2.24, 2.45) is 0 Å². The first kappa shape index (κ1) is 11.7. The fourth-order valence-electron chi connectivity index (χ4n) is 1.66. The number of carboxylic acids is 1. The second-order valence-corrected chi connectivity index (χ2v) is 6.42. The summed E-state index contributed by atoms with van der Waals surface area (Å²) in [4.78, 5) is 15.4. The van der Waals surface area contributed by atoms with Crippen molar-refractivity contribution in [1.82, 2.24) is 4.98 Å². The number of halogens is 1. The normalized spacial score (nSPS) is 10.9. The summed E-state index contributed by atoms with van der Waals surface area (Å²) < 4.78 is 6.70. The van der Waals surface area contributed by atoms with Gasteiger partial charge in [0.15, 0.2) is 5.58 Å². The van der Waals surface area contributed by atoms with E-state index in [-0.39, 0.29) is 5.56 Å². The summed E-state index contributed by atoms with van der Waals surface area (Å²) >= 11 is 3.81. The molecule has 1 N–H and O–H groups in total. The molecule has 0 amide bonds. The standard InChI is InChI=1S/C12H6INO3S/c13-9-4-6(5-18-9)11-14-8-3-1-2-7(12(15)16)10(8)17-11/h1-5H,(H,15,16). The predicted molar refractivity (Wildman–Crippen MR) is 77.0 cm³/mol. The molecule has 2 heterocycles. The van der Waals surface area contributed by atoms with Crippen LogP contribution in [0.25, 0.3) is 22.6 Å². The van der Waals surface area contributed by atoms with Crippen molar-refractivity contribution >= 4 is 51.0 Å². The minimum absolute atomic E-state index is 0.135. The highest BCUT2D eigenvalue weighted by Gasteiger charge is 2.15. The summed E-state index contributed by atoms with van der Waals surface area (Å²) in [5.41, 5.74) is 1.89. The first-order valence-corrected chi connectivity index (χ1v) is 6.98. The Morgan fingerprint density at radius 3 is 2.94 bits per heavy atom. The molecule has 0 aliphatic carbocycles.